The highest BCUT2D eigenvalue weighted by atomic mass is 32.2. The van der Waals surface area contributed by atoms with E-state index < -0.39 is 0 Å². The van der Waals surface area contributed by atoms with Gasteiger partial charge in [0, 0.05) is 35.5 Å². The summed E-state index contributed by atoms with van der Waals surface area (Å²) in [5.41, 5.74) is 6.43. The third-order valence-electron chi connectivity index (χ3n) is 4.52. The van der Waals surface area contributed by atoms with Crippen molar-refractivity contribution in [2.75, 3.05) is 23.2 Å². The first-order valence-electron chi connectivity index (χ1n) is 8.44. The summed E-state index contributed by atoms with van der Waals surface area (Å²) in [6.07, 6.45) is 1.13. The third kappa shape index (κ3) is 3.53. The predicted molar refractivity (Wildman–Crippen MR) is 111 cm³/mol. The van der Waals surface area contributed by atoms with Gasteiger partial charge in [0.2, 0.25) is 0 Å². The molecule has 0 saturated carbocycles. The summed E-state index contributed by atoms with van der Waals surface area (Å²) < 4.78 is 3.40. The van der Waals surface area contributed by atoms with Gasteiger partial charge in [-0.25, -0.2) is 4.98 Å². The van der Waals surface area contributed by atoms with E-state index in [1.165, 1.54) is 27.3 Å². The van der Waals surface area contributed by atoms with Crippen LogP contribution in [0.5, 0.6) is 0 Å². The molecule has 2 aromatic carbocycles. The van der Waals surface area contributed by atoms with E-state index in [9.17, 15) is 0 Å². The Labute approximate surface area is 157 Å². The van der Waals surface area contributed by atoms with Crippen LogP contribution in [-0.4, -0.2) is 18.6 Å². The number of hydrogen-bond donors (Lipinski definition) is 1. The molecule has 1 aromatic heterocycles. The quantitative estimate of drug-likeness (QED) is 0.614. The van der Waals surface area contributed by atoms with Gasteiger partial charge in [0.25, 0.3) is 0 Å². The molecular weight excluding hydrogens is 346 g/mol. The van der Waals surface area contributed by atoms with Crippen molar-refractivity contribution in [3.05, 3.63) is 64.5 Å². The number of hydrogen-bond acceptors (Lipinski definition) is 5. The van der Waals surface area contributed by atoms with Crippen LogP contribution in [0, 0.1) is 6.92 Å². The molecule has 2 heterocycles. The normalized spacial score (nSPS) is 13.1. The van der Waals surface area contributed by atoms with Crippen molar-refractivity contribution in [1.82, 2.24) is 4.98 Å². The first kappa shape index (κ1) is 16.5. The van der Waals surface area contributed by atoms with E-state index in [0.717, 1.165) is 29.5 Å². The molecule has 1 N–H and O–H groups in total. The predicted octanol–water partition coefficient (Wildman–Crippen LogP) is 5.37. The topological polar surface area (TPSA) is 28.2 Å². The highest BCUT2D eigenvalue weighted by Gasteiger charge is 2.18. The summed E-state index contributed by atoms with van der Waals surface area (Å²) in [7, 11) is 2.16. The lowest BCUT2D eigenvalue weighted by atomic mass is 10.1. The summed E-state index contributed by atoms with van der Waals surface area (Å²) in [4.78, 5) is 8.41. The number of aryl methyl sites for hydroxylation is 1. The lowest BCUT2D eigenvalue weighted by Gasteiger charge is -2.11. The third-order valence-corrected chi connectivity index (χ3v) is 6.35. The average Bonchev–Trinajstić information content (AvgIpc) is 3.18. The Hall–Kier alpha value is -1.98. The number of nitrogens with one attached hydrogen (secondary N) is 1. The number of fused-ring (bicyclic) bond motifs is 1. The highest BCUT2D eigenvalue weighted by molar-refractivity contribution is 7.99. The molecule has 0 fully saturated rings. The number of thiazole rings is 1. The van der Waals surface area contributed by atoms with Crippen LogP contribution in [-0.2, 0) is 12.2 Å². The first-order valence-corrected chi connectivity index (χ1v) is 10.2. The summed E-state index contributed by atoms with van der Waals surface area (Å²) in [5.74, 6) is 0.931. The number of rotatable bonds is 5. The van der Waals surface area contributed by atoms with Gasteiger partial charge >= 0.3 is 0 Å². The first-order chi connectivity index (χ1) is 12.2. The lowest BCUT2D eigenvalue weighted by molar-refractivity contribution is 0.956. The number of anilines is 2. The van der Waals surface area contributed by atoms with Gasteiger partial charge in [0.15, 0.2) is 5.13 Å². The van der Waals surface area contributed by atoms with Gasteiger partial charge in [-0.2, -0.15) is 0 Å². The Morgan fingerprint density at radius 3 is 2.88 bits per heavy atom. The van der Waals surface area contributed by atoms with E-state index in [1.54, 1.807) is 23.3 Å². The molecule has 4 rings (SSSR count). The van der Waals surface area contributed by atoms with Gasteiger partial charge in [0.05, 0.1) is 5.69 Å². The van der Waals surface area contributed by atoms with E-state index in [4.69, 9.17) is 4.98 Å². The van der Waals surface area contributed by atoms with Gasteiger partial charge in [-0.1, -0.05) is 36.4 Å². The SMILES string of the molecule is Cc1sc(NSCc2ccccc2)nc1-c1ccc2c(c1)CCN2C. The molecule has 0 radical (unpaired) electrons. The number of benzene rings is 2. The highest BCUT2D eigenvalue weighted by Crippen LogP contribution is 2.35. The molecule has 0 bridgehead atoms. The fourth-order valence-corrected chi connectivity index (χ4v) is 4.81. The molecule has 0 saturated heterocycles. The Morgan fingerprint density at radius 2 is 2.04 bits per heavy atom. The van der Waals surface area contributed by atoms with Crippen molar-refractivity contribution in [1.29, 1.82) is 0 Å². The van der Waals surface area contributed by atoms with E-state index in [0.29, 0.717) is 0 Å². The maximum atomic E-state index is 4.83. The maximum absolute atomic E-state index is 4.83. The molecule has 1 aliphatic rings. The second-order valence-corrected chi connectivity index (χ2v) is 8.30. The number of nitrogens with zero attached hydrogens (tertiary/aromatic N) is 2. The molecule has 0 spiro atoms. The Morgan fingerprint density at radius 1 is 1.20 bits per heavy atom. The van der Waals surface area contributed by atoms with Crippen LogP contribution in [0.25, 0.3) is 11.3 Å². The molecule has 5 heteroatoms. The lowest BCUT2D eigenvalue weighted by Crippen LogP contribution is -2.12. The van der Waals surface area contributed by atoms with Gasteiger partial charge < -0.3 is 9.62 Å². The summed E-state index contributed by atoms with van der Waals surface area (Å²) >= 11 is 3.41. The van der Waals surface area contributed by atoms with E-state index in [1.807, 2.05) is 6.07 Å². The maximum Gasteiger partial charge on any atom is 0.193 e. The van der Waals surface area contributed by atoms with Crippen molar-refractivity contribution in [3.8, 4) is 11.3 Å². The molecule has 0 unspecified atom stereocenters. The smallest absolute Gasteiger partial charge is 0.193 e. The minimum absolute atomic E-state index is 0.931. The Balaban J connectivity index is 1.47. The summed E-state index contributed by atoms with van der Waals surface area (Å²) in [5, 5.41) is 0.978. The fourth-order valence-electron chi connectivity index (χ4n) is 3.18. The van der Waals surface area contributed by atoms with Crippen molar-refractivity contribution in [2.45, 2.75) is 19.1 Å². The monoisotopic (exact) mass is 367 g/mol. The largest absolute Gasteiger partial charge is 0.374 e. The molecule has 0 atom stereocenters. The second-order valence-electron chi connectivity index (χ2n) is 6.32. The molecular formula is C20H21N3S2. The summed E-state index contributed by atoms with van der Waals surface area (Å²) in [6.45, 7) is 3.26. The van der Waals surface area contributed by atoms with E-state index in [2.05, 4.69) is 66.1 Å². The van der Waals surface area contributed by atoms with Gasteiger partial charge in [-0.15, -0.1) is 11.3 Å². The average molecular weight is 368 g/mol. The molecule has 0 aliphatic carbocycles. The Bertz CT molecular complexity index is 874. The zero-order valence-electron chi connectivity index (χ0n) is 14.5. The number of aromatic nitrogens is 1. The van der Waals surface area contributed by atoms with Gasteiger partial charge in [0.1, 0.15) is 0 Å². The van der Waals surface area contributed by atoms with Crippen LogP contribution >= 0.6 is 23.3 Å². The fraction of sp³-hybridized carbons (Fsp3) is 0.250. The molecule has 0 amide bonds. The van der Waals surface area contributed by atoms with Crippen LogP contribution in [0.4, 0.5) is 10.8 Å². The van der Waals surface area contributed by atoms with Crippen LogP contribution in [0.1, 0.15) is 16.0 Å². The van der Waals surface area contributed by atoms with Crippen LogP contribution in [0.2, 0.25) is 0 Å². The Kier molecular flexibility index (Phi) is 4.68. The minimum Gasteiger partial charge on any atom is -0.374 e. The molecule has 25 heavy (non-hydrogen) atoms. The van der Waals surface area contributed by atoms with Crippen LogP contribution in [0.3, 0.4) is 0 Å². The van der Waals surface area contributed by atoms with Crippen LogP contribution in [0.15, 0.2) is 48.5 Å². The van der Waals surface area contributed by atoms with E-state index >= 15 is 0 Å². The molecule has 1 aliphatic heterocycles. The van der Waals surface area contributed by atoms with E-state index in [-0.39, 0.29) is 0 Å². The minimum atomic E-state index is 0.931. The van der Waals surface area contributed by atoms with Crippen molar-refractivity contribution in [3.63, 3.8) is 0 Å². The second kappa shape index (κ2) is 7.10. The van der Waals surface area contributed by atoms with Crippen LogP contribution < -0.4 is 9.62 Å². The molecule has 128 valence electrons. The van der Waals surface area contributed by atoms with Crippen molar-refractivity contribution in [2.24, 2.45) is 0 Å². The molecule has 3 aromatic rings. The van der Waals surface area contributed by atoms with Gasteiger partial charge in [-0.3, -0.25) is 0 Å². The van der Waals surface area contributed by atoms with Gasteiger partial charge in [-0.05, 0) is 48.6 Å². The zero-order valence-corrected chi connectivity index (χ0v) is 16.1. The standard InChI is InChI=1S/C20H21N3S2/c1-14-19(17-8-9-18-16(12-17)10-11-23(18)2)21-20(25-14)22-24-13-15-6-4-3-5-7-15/h3-9,12H,10-11,13H2,1-2H3,(H,21,22). The molecule has 3 nitrogen and oxygen atoms in total. The summed E-state index contributed by atoms with van der Waals surface area (Å²) in [6, 6.07) is 17.2. The zero-order chi connectivity index (χ0) is 17.2. The van der Waals surface area contributed by atoms with Crippen molar-refractivity contribution >= 4 is 34.1 Å². The number of likely N-dealkylation sites (N-methyl/N-ethyl adjacent to an activating group) is 1. The van der Waals surface area contributed by atoms with Crippen molar-refractivity contribution < 1.29 is 0 Å².